The second-order valence-electron chi connectivity index (χ2n) is 6.24. The molecule has 0 spiro atoms. The Hall–Kier alpha value is -2.51. The van der Waals surface area contributed by atoms with Gasteiger partial charge in [-0.3, -0.25) is 9.59 Å². The van der Waals surface area contributed by atoms with Gasteiger partial charge in [0.15, 0.2) is 0 Å². The molecular weight excluding hydrogens is 426 g/mol. The summed E-state index contributed by atoms with van der Waals surface area (Å²) in [6.45, 7) is 0.515. The van der Waals surface area contributed by atoms with Crippen LogP contribution in [0.25, 0.3) is 0 Å². The summed E-state index contributed by atoms with van der Waals surface area (Å²) in [6.07, 6.45) is 1.81. The molecule has 0 aliphatic carbocycles. The van der Waals surface area contributed by atoms with Crippen molar-refractivity contribution in [3.05, 3.63) is 80.6 Å². The Bertz CT molecular complexity index is 973. The van der Waals surface area contributed by atoms with Crippen LogP contribution in [0, 0.1) is 0 Å². The topological polar surface area (TPSA) is 62.3 Å². The molecule has 0 bridgehead atoms. The summed E-state index contributed by atoms with van der Waals surface area (Å²) in [6, 6.07) is 14.8. The molecular formula is C20H16BrN3O2S. The second-order valence-corrected chi connectivity index (χ2v) is 8.13. The van der Waals surface area contributed by atoms with E-state index in [1.54, 1.807) is 28.5 Å². The van der Waals surface area contributed by atoms with Crippen molar-refractivity contribution in [2.75, 3.05) is 5.32 Å². The Labute approximate surface area is 169 Å². The van der Waals surface area contributed by atoms with Crippen molar-refractivity contribution < 1.29 is 9.59 Å². The van der Waals surface area contributed by atoms with Crippen molar-refractivity contribution in [3.63, 3.8) is 0 Å². The van der Waals surface area contributed by atoms with Gasteiger partial charge in [-0.25, -0.2) is 4.98 Å². The van der Waals surface area contributed by atoms with Gasteiger partial charge in [0.1, 0.15) is 5.82 Å². The van der Waals surface area contributed by atoms with Gasteiger partial charge >= 0.3 is 0 Å². The second kappa shape index (κ2) is 7.62. The molecule has 3 aromatic rings. The molecule has 0 fully saturated rings. The fourth-order valence-electron chi connectivity index (χ4n) is 3.19. The van der Waals surface area contributed by atoms with E-state index in [-0.39, 0.29) is 24.3 Å². The Morgan fingerprint density at radius 1 is 1.22 bits per heavy atom. The highest BCUT2D eigenvalue weighted by Gasteiger charge is 2.34. The van der Waals surface area contributed by atoms with E-state index in [1.165, 1.54) is 0 Å². The number of nitrogens with zero attached hydrogens (tertiary/aromatic N) is 2. The monoisotopic (exact) mass is 441 g/mol. The summed E-state index contributed by atoms with van der Waals surface area (Å²) in [5.74, 6) is 0.287. The first-order valence-electron chi connectivity index (χ1n) is 8.45. The van der Waals surface area contributed by atoms with E-state index in [9.17, 15) is 9.59 Å². The number of fused-ring (bicyclic) bond motifs is 1. The molecule has 136 valence electrons. The van der Waals surface area contributed by atoms with E-state index in [1.807, 2.05) is 47.8 Å². The SMILES string of the molecule is O=C(CC(c1cccs1)N1Cc2ccccc2C1=O)Nc1ccc(Br)cn1. The molecule has 1 N–H and O–H groups in total. The smallest absolute Gasteiger partial charge is 0.255 e. The van der Waals surface area contributed by atoms with Crippen LogP contribution in [-0.2, 0) is 11.3 Å². The number of anilines is 1. The maximum atomic E-state index is 12.9. The van der Waals surface area contributed by atoms with E-state index in [4.69, 9.17) is 0 Å². The average Bonchev–Trinajstić information content (AvgIpc) is 3.31. The number of carbonyl (C=O) groups is 2. The quantitative estimate of drug-likeness (QED) is 0.627. The van der Waals surface area contributed by atoms with Crippen LogP contribution in [0.2, 0.25) is 0 Å². The number of carbonyl (C=O) groups excluding carboxylic acids is 2. The van der Waals surface area contributed by atoms with Gasteiger partial charge in [0.2, 0.25) is 5.91 Å². The Morgan fingerprint density at radius 3 is 2.78 bits per heavy atom. The summed E-state index contributed by atoms with van der Waals surface area (Å²) in [5.41, 5.74) is 1.72. The first kappa shape index (κ1) is 17.9. The van der Waals surface area contributed by atoms with Crippen LogP contribution < -0.4 is 5.32 Å². The number of amides is 2. The minimum atomic E-state index is -0.305. The minimum absolute atomic E-state index is 0.0291. The van der Waals surface area contributed by atoms with Gasteiger partial charge in [-0.1, -0.05) is 24.3 Å². The zero-order valence-corrected chi connectivity index (χ0v) is 16.7. The summed E-state index contributed by atoms with van der Waals surface area (Å²) in [7, 11) is 0. The van der Waals surface area contributed by atoms with E-state index in [2.05, 4.69) is 26.2 Å². The number of aromatic nitrogens is 1. The van der Waals surface area contributed by atoms with Gasteiger partial charge in [-0.05, 0) is 51.1 Å². The maximum absolute atomic E-state index is 12.9. The molecule has 1 aromatic carbocycles. The highest BCUT2D eigenvalue weighted by molar-refractivity contribution is 9.10. The normalized spacial score (nSPS) is 14.1. The molecule has 1 aliphatic rings. The molecule has 1 unspecified atom stereocenters. The van der Waals surface area contributed by atoms with Gasteiger partial charge in [-0.2, -0.15) is 0 Å². The van der Waals surface area contributed by atoms with Crippen LogP contribution in [0.4, 0.5) is 5.82 Å². The van der Waals surface area contributed by atoms with E-state index in [0.29, 0.717) is 17.9 Å². The molecule has 1 atom stereocenters. The fraction of sp³-hybridized carbons (Fsp3) is 0.150. The lowest BCUT2D eigenvalue weighted by Crippen LogP contribution is -2.31. The van der Waals surface area contributed by atoms with Gasteiger partial charge in [0.05, 0.1) is 12.5 Å². The molecule has 2 amide bonds. The van der Waals surface area contributed by atoms with Crippen LogP contribution in [0.15, 0.2) is 64.6 Å². The number of halogens is 1. The van der Waals surface area contributed by atoms with Gasteiger partial charge in [-0.15, -0.1) is 11.3 Å². The van der Waals surface area contributed by atoms with Gasteiger partial charge in [0.25, 0.3) is 5.91 Å². The van der Waals surface area contributed by atoms with Crippen LogP contribution in [0.5, 0.6) is 0 Å². The summed E-state index contributed by atoms with van der Waals surface area (Å²) in [5, 5.41) is 4.78. The fourth-order valence-corrected chi connectivity index (χ4v) is 4.27. The molecule has 4 rings (SSSR count). The molecule has 0 radical (unpaired) electrons. The van der Waals surface area contributed by atoms with E-state index < -0.39 is 0 Å². The third-order valence-electron chi connectivity index (χ3n) is 4.47. The molecule has 0 saturated carbocycles. The van der Waals surface area contributed by atoms with Crippen LogP contribution in [-0.4, -0.2) is 21.7 Å². The predicted molar refractivity (Wildman–Crippen MR) is 109 cm³/mol. The van der Waals surface area contributed by atoms with Gasteiger partial charge in [0, 0.05) is 27.7 Å². The third-order valence-corrected chi connectivity index (χ3v) is 5.91. The molecule has 1 aliphatic heterocycles. The largest absolute Gasteiger partial charge is 0.326 e. The highest BCUT2D eigenvalue weighted by Crippen LogP contribution is 2.35. The van der Waals surface area contributed by atoms with Gasteiger partial charge < -0.3 is 10.2 Å². The number of thiophene rings is 1. The van der Waals surface area contributed by atoms with Crippen molar-refractivity contribution in [2.45, 2.75) is 19.0 Å². The molecule has 3 heterocycles. The number of benzene rings is 1. The lowest BCUT2D eigenvalue weighted by atomic mass is 10.1. The summed E-state index contributed by atoms with van der Waals surface area (Å²) < 4.78 is 0.845. The minimum Gasteiger partial charge on any atom is -0.326 e. The molecule has 7 heteroatoms. The predicted octanol–water partition coefficient (Wildman–Crippen LogP) is 4.63. The van der Waals surface area contributed by atoms with E-state index in [0.717, 1.165) is 14.9 Å². The van der Waals surface area contributed by atoms with Crippen LogP contribution >= 0.6 is 27.3 Å². The molecule has 27 heavy (non-hydrogen) atoms. The Balaban J connectivity index is 1.55. The number of pyridine rings is 1. The summed E-state index contributed by atoms with van der Waals surface area (Å²) in [4.78, 5) is 32.5. The lowest BCUT2D eigenvalue weighted by Gasteiger charge is -2.26. The Morgan fingerprint density at radius 2 is 2.07 bits per heavy atom. The van der Waals surface area contributed by atoms with Crippen molar-refractivity contribution in [2.24, 2.45) is 0 Å². The maximum Gasteiger partial charge on any atom is 0.255 e. The molecule has 0 saturated heterocycles. The van der Waals surface area contributed by atoms with Crippen molar-refractivity contribution >= 4 is 44.9 Å². The van der Waals surface area contributed by atoms with Crippen LogP contribution in [0.3, 0.4) is 0 Å². The first-order valence-corrected chi connectivity index (χ1v) is 10.1. The van der Waals surface area contributed by atoms with E-state index >= 15 is 0 Å². The zero-order valence-electron chi connectivity index (χ0n) is 14.3. The average molecular weight is 442 g/mol. The third kappa shape index (κ3) is 3.79. The summed E-state index contributed by atoms with van der Waals surface area (Å²) >= 11 is 4.88. The van der Waals surface area contributed by atoms with Crippen LogP contribution in [0.1, 0.15) is 33.3 Å². The molecule has 5 nitrogen and oxygen atoms in total. The zero-order chi connectivity index (χ0) is 18.8. The lowest BCUT2D eigenvalue weighted by molar-refractivity contribution is -0.117. The van der Waals surface area contributed by atoms with Crippen molar-refractivity contribution in [3.8, 4) is 0 Å². The standard InChI is InChI=1S/C20H16BrN3O2S/c21-14-7-8-18(22-11-14)23-19(25)10-16(17-6-3-9-27-17)24-12-13-4-1-2-5-15(13)20(24)26/h1-9,11,16H,10,12H2,(H,22,23,25). The number of hydrogen-bond acceptors (Lipinski definition) is 4. The number of nitrogens with one attached hydrogen (secondary N) is 1. The number of rotatable bonds is 5. The Kier molecular flexibility index (Phi) is 5.05. The van der Waals surface area contributed by atoms with Crippen molar-refractivity contribution in [1.29, 1.82) is 0 Å². The first-order chi connectivity index (χ1) is 13.1. The highest BCUT2D eigenvalue weighted by atomic mass is 79.9. The van der Waals surface area contributed by atoms with Crippen molar-refractivity contribution in [1.82, 2.24) is 9.88 Å². The molecule has 2 aromatic heterocycles. The number of hydrogen-bond donors (Lipinski definition) is 1.